The van der Waals surface area contributed by atoms with Gasteiger partial charge in [0.15, 0.2) is 0 Å². The Morgan fingerprint density at radius 3 is 3.00 bits per heavy atom. The largest absolute Gasteiger partial charge is 0.330 e. The van der Waals surface area contributed by atoms with E-state index < -0.39 is 0 Å². The van der Waals surface area contributed by atoms with Crippen molar-refractivity contribution in [1.29, 1.82) is 0 Å². The van der Waals surface area contributed by atoms with Crippen molar-refractivity contribution in [3.05, 3.63) is 24.3 Å². The number of unbranched alkanes of at least 4 members (excludes halogenated alkanes) is 1. The quantitative estimate of drug-likeness (QED) is 0.855. The number of fused-ring (bicyclic) bond motifs is 1. The van der Waals surface area contributed by atoms with Crippen molar-refractivity contribution in [3.8, 4) is 0 Å². The van der Waals surface area contributed by atoms with Crippen molar-refractivity contribution >= 4 is 11.0 Å². The van der Waals surface area contributed by atoms with Crippen molar-refractivity contribution in [2.45, 2.75) is 32.2 Å². The van der Waals surface area contributed by atoms with E-state index in [2.05, 4.69) is 21.5 Å². The summed E-state index contributed by atoms with van der Waals surface area (Å²) in [5, 5.41) is 0. The molecule has 4 nitrogen and oxygen atoms in total. The van der Waals surface area contributed by atoms with Gasteiger partial charge in [-0.2, -0.15) is 0 Å². The Hall–Kier alpha value is -1.42. The highest BCUT2D eigenvalue weighted by Crippen LogP contribution is 2.20. The van der Waals surface area contributed by atoms with Crippen LogP contribution in [0.1, 0.15) is 38.1 Å². The topological polar surface area (TPSA) is 56.7 Å². The molecular weight excluding hydrogens is 200 g/mol. The molecule has 0 radical (unpaired) electrons. The molecule has 0 aromatic carbocycles. The minimum Gasteiger partial charge on any atom is -0.330 e. The van der Waals surface area contributed by atoms with Gasteiger partial charge in [-0.3, -0.25) is 4.98 Å². The fourth-order valence-electron chi connectivity index (χ4n) is 1.96. The lowest BCUT2D eigenvalue weighted by atomic mass is 10.1. The molecule has 0 amide bonds. The molecule has 0 saturated carbocycles. The number of nitrogens with two attached hydrogens (primary N) is 1. The average Bonchev–Trinajstić information content (AvgIpc) is 2.64. The van der Waals surface area contributed by atoms with E-state index in [-0.39, 0.29) is 6.04 Å². The molecule has 0 spiro atoms. The molecule has 1 unspecified atom stereocenters. The van der Waals surface area contributed by atoms with Crippen LogP contribution in [0.4, 0.5) is 0 Å². The van der Waals surface area contributed by atoms with Gasteiger partial charge in [-0.15, -0.1) is 0 Å². The summed E-state index contributed by atoms with van der Waals surface area (Å²) in [6.07, 6.45) is 6.86. The first-order chi connectivity index (χ1) is 7.74. The zero-order chi connectivity index (χ0) is 11.5. The lowest BCUT2D eigenvalue weighted by Gasteiger charge is -2.10. The Balaban J connectivity index is 2.33. The van der Waals surface area contributed by atoms with E-state index in [1.165, 1.54) is 6.42 Å². The van der Waals surface area contributed by atoms with E-state index >= 15 is 0 Å². The van der Waals surface area contributed by atoms with Crippen LogP contribution in [0, 0.1) is 0 Å². The first-order valence-corrected chi connectivity index (χ1v) is 5.76. The SMILES string of the molecule is CCCCC(N)c1nc2cnccc2n1C. The summed E-state index contributed by atoms with van der Waals surface area (Å²) >= 11 is 0. The van der Waals surface area contributed by atoms with Gasteiger partial charge in [0.05, 0.1) is 17.8 Å². The predicted molar refractivity (Wildman–Crippen MR) is 65.0 cm³/mol. The molecule has 2 heterocycles. The van der Waals surface area contributed by atoms with E-state index in [1.54, 1.807) is 12.4 Å². The molecule has 0 bridgehead atoms. The zero-order valence-electron chi connectivity index (χ0n) is 9.85. The maximum Gasteiger partial charge on any atom is 0.126 e. The third-order valence-electron chi connectivity index (χ3n) is 2.92. The van der Waals surface area contributed by atoms with Crippen LogP contribution in [-0.4, -0.2) is 14.5 Å². The van der Waals surface area contributed by atoms with Gasteiger partial charge in [0.2, 0.25) is 0 Å². The Bertz CT molecular complexity index is 475. The monoisotopic (exact) mass is 218 g/mol. The number of pyridine rings is 1. The van der Waals surface area contributed by atoms with Gasteiger partial charge in [0, 0.05) is 13.2 Å². The molecule has 2 rings (SSSR count). The molecule has 0 aliphatic carbocycles. The summed E-state index contributed by atoms with van der Waals surface area (Å²) in [5.74, 6) is 0.955. The van der Waals surface area contributed by atoms with E-state index in [9.17, 15) is 0 Å². The molecule has 0 aliphatic heterocycles. The molecule has 2 aromatic rings. The van der Waals surface area contributed by atoms with Gasteiger partial charge < -0.3 is 10.3 Å². The number of imidazole rings is 1. The highest BCUT2D eigenvalue weighted by Gasteiger charge is 2.13. The van der Waals surface area contributed by atoms with Crippen molar-refractivity contribution in [3.63, 3.8) is 0 Å². The van der Waals surface area contributed by atoms with Crippen molar-refractivity contribution in [1.82, 2.24) is 14.5 Å². The molecule has 16 heavy (non-hydrogen) atoms. The second-order valence-corrected chi connectivity index (χ2v) is 4.14. The van der Waals surface area contributed by atoms with Crippen LogP contribution in [0.15, 0.2) is 18.5 Å². The van der Waals surface area contributed by atoms with E-state index in [0.29, 0.717) is 0 Å². The molecular formula is C12H18N4. The summed E-state index contributed by atoms with van der Waals surface area (Å²) in [6, 6.07) is 2.00. The second-order valence-electron chi connectivity index (χ2n) is 4.14. The number of aryl methyl sites for hydroxylation is 1. The summed E-state index contributed by atoms with van der Waals surface area (Å²) in [4.78, 5) is 8.61. The third kappa shape index (κ3) is 1.93. The van der Waals surface area contributed by atoms with Gasteiger partial charge >= 0.3 is 0 Å². The Morgan fingerprint density at radius 1 is 1.50 bits per heavy atom. The normalized spacial score (nSPS) is 13.2. The van der Waals surface area contributed by atoms with Gasteiger partial charge in [0.25, 0.3) is 0 Å². The van der Waals surface area contributed by atoms with Crippen LogP contribution >= 0.6 is 0 Å². The van der Waals surface area contributed by atoms with Gasteiger partial charge in [-0.25, -0.2) is 4.98 Å². The number of aromatic nitrogens is 3. The molecule has 0 aliphatic rings. The molecule has 86 valence electrons. The van der Waals surface area contributed by atoms with Gasteiger partial charge in [0.1, 0.15) is 11.3 Å². The maximum atomic E-state index is 6.14. The minimum absolute atomic E-state index is 0.0253. The van der Waals surface area contributed by atoms with Crippen LogP contribution in [0.5, 0.6) is 0 Å². The average molecular weight is 218 g/mol. The summed E-state index contributed by atoms with van der Waals surface area (Å²) in [7, 11) is 2.01. The van der Waals surface area contributed by atoms with Gasteiger partial charge in [-0.05, 0) is 12.5 Å². The molecule has 2 N–H and O–H groups in total. The predicted octanol–water partition coefficient (Wildman–Crippen LogP) is 2.16. The van der Waals surface area contributed by atoms with Crippen LogP contribution in [0.25, 0.3) is 11.0 Å². The number of hydrogen-bond acceptors (Lipinski definition) is 3. The summed E-state index contributed by atoms with van der Waals surface area (Å²) in [6.45, 7) is 2.17. The fraction of sp³-hybridized carbons (Fsp3) is 0.500. The van der Waals surface area contributed by atoms with Crippen LogP contribution < -0.4 is 5.73 Å². The van der Waals surface area contributed by atoms with E-state index in [0.717, 1.165) is 29.7 Å². The lowest BCUT2D eigenvalue weighted by Crippen LogP contribution is -2.15. The molecule has 2 aromatic heterocycles. The van der Waals surface area contributed by atoms with E-state index in [1.807, 2.05) is 13.1 Å². The van der Waals surface area contributed by atoms with E-state index in [4.69, 9.17) is 5.73 Å². The minimum atomic E-state index is 0.0253. The number of hydrogen-bond donors (Lipinski definition) is 1. The maximum absolute atomic E-state index is 6.14. The highest BCUT2D eigenvalue weighted by atomic mass is 15.1. The number of nitrogens with zero attached hydrogens (tertiary/aromatic N) is 3. The molecule has 1 atom stereocenters. The van der Waals surface area contributed by atoms with Crippen molar-refractivity contribution < 1.29 is 0 Å². The molecule has 4 heteroatoms. The first kappa shape index (κ1) is 11.1. The zero-order valence-corrected chi connectivity index (χ0v) is 9.85. The van der Waals surface area contributed by atoms with Crippen LogP contribution in [0.2, 0.25) is 0 Å². The van der Waals surface area contributed by atoms with Gasteiger partial charge in [-0.1, -0.05) is 19.8 Å². The Kier molecular flexibility index (Phi) is 3.19. The fourth-order valence-corrected chi connectivity index (χ4v) is 1.96. The van der Waals surface area contributed by atoms with Crippen LogP contribution in [0.3, 0.4) is 0 Å². The molecule has 0 saturated heterocycles. The number of rotatable bonds is 4. The van der Waals surface area contributed by atoms with Crippen molar-refractivity contribution in [2.75, 3.05) is 0 Å². The Labute approximate surface area is 95.5 Å². The second kappa shape index (κ2) is 4.61. The lowest BCUT2D eigenvalue weighted by molar-refractivity contribution is 0.561. The highest BCUT2D eigenvalue weighted by molar-refractivity contribution is 5.74. The first-order valence-electron chi connectivity index (χ1n) is 5.76. The smallest absolute Gasteiger partial charge is 0.126 e. The summed E-state index contributed by atoms with van der Waals surface area (Å²) < 4.78 is 2.07. The molecule has 0 fully saturated rings. The standard InChI is InChI=1S/C12H18N4/c1-3-4-5-9(13)12-15-10-8-14-7-6-11(10)16(12)2/h6-9H,3-5,13H2,1-2H3. The summed E-state index contributed by atoms with van der Waals surface area (Å²) in [5.41, 5.74) is 8.16. The third-order valence-corrected chi connectivity index (χ3v) is 2.92. The van der Waals surface area contributed by atoms with Crippen LogP contribution in [-0.2, 0) is 7.05 Å². The van der Waals surface area contributed by atoms with Crippen molar-refractivity contribution in [2.24, 2.45) is 12.8 Å². The Morgan fingerprint density at radius 2 is 2.31 bits per heavy atom.